The van der Waals surface area contributed by atoms with Crippen LogP contribution in [0.1, 0.15) is 0 Å². The first kappa shape index (κ1) is 15.4. The molecular weight excluding hydrogens is 454 g/mol. The quantitative estimate of drug-likeness (QED) is 0.655. The molecule has 0 aliphatic heterocycles. The molecule has 0 aromatic carbocycles. The largest absolute Gasteiger partial charge is 0.384 e. The van der Waals surface area contributed by atoms with E-state index in [0.29, 0.717) is 5.82 Å². The van der Waals surface area contributed by atoms with Gasteiger partial charge in [0, 0.05) is 33.6 Å². The highest BCUT2D eigenvalue weighted by molar-refractivity contribution is 14.1. The van der Waals surface area contributed by atoms with Crippen molar-refractivity contribution in [3.05, 3.63) is 43.8 Å². The van der Waals surface area contributed by atoms with Crippen molar-refractivity contribution in [2.75, 3.05) is 24.7 Å². The molecule has 0 amide bonds. The molecule has 96 valence electrons. The average molecular weight is 468 g/mol. The predicted octanol–water partition coefficient (Wildman–Crippen LogP) is 3.02. The predicted molar refractivity (Wildman–Crippen MR) is 92.6 cm³/mol. The maximum atomic E-state index is 5.31. The molecular formula is C12H14I2N4. The normalized spacial score (nSPS) is 9.33. The van der Waals surface area contributed by atoms with E-state index in [4.69, 9.17) is 5.73 Å². The minimum atomic E-state index is 0.574. The first-order valence-electron chi connectivity index (χ1n) is 5.15. The van der Waals surface area contributed by atoms with Crippen molar-refractivity contribution in [3.63, 3.8) is 0 Å². The summed E-state index contributed by atoms with van der Waals surface area (Å²) in [6.07, 6.45) is 3.59. The minimum Gasteiger partial charge on any atom is -0.384 e. The van der Waals surface area contributed by atoms with Crippen molar-refractivity contribution >= 4 is 56.8 Å². The lowest BCUT2D eigenvalue weighted by molar-refractivity contribution is 1.06. The van der Waals surface area contributed by atoms with Gasteiger partial charge in [-0.05, 0) is 69.4 Å². The van der Waals surface area contributed by atoms with Crippen LogP contribution in [-0.2, 0) is 0 Å². The monoisotopic (exact) mass is 468 g/mol. The second-order valence-corrected chi connectivity index (χ2v) is 6.12. The Bertz CT molecular complexity index is 447. The van der Waals surface area contributed by atoms with Crippen LogP contribution in [0.25, 0.3) is 0 Å². The second kappa shape index (κ2) is 7.72. The Labute approximate surface area is 134 Å². The highest BCUT2D eigenvalue weighted by Crippen LogP contribution is 2.08. The van der Waals surface area contributed by atoms with Crippen LogP contribution in [0.4, 0.5) is 11.6 Å². The minimum absolute atomic E-state index is 0.574. The Morgan fingerprint density at radius 3 is 1.83 bits per heavy atom. The standard InChI is InChI=1S/C7H9IN2.C5H5IN2/c1-10(2)7-4-3-6(8)5-9-7;6-4-1-2-5(7)8-3-4/h3-5H,1-2H3;1-3H,(H2,7,8). The van der Waals surface area contributed by atoms with Crippen LogP contribution in [-0.4, -0.2) is 24.1 Å². The summed E-state index contributed by atoms with van der Waals surface area (Å²) in [7, 11) is 3.96. The Morgan fingerprint density at radius 2 is 1.50 bits per heavy atom. The van der Waals surface area contributed by atoms with Gasteiger partial charge in [-0.25, -0.2) is 9.97 Å². The highest BCUT2D eigenvalue weighted by atomic mass is 127. The molecule has 0 fully saturated rings. The molecule has 4 nitrogen and oxygen atoms in total. The molecule has 0 radical (unpaired) electrons. The number of pyridine rings is 2. The summed E-state index contributed by atoms with van der Waals surface area (Å²) in [5.41, 5.74) is 5.31. The van der Waals surface area contributed by atoms with Crippen LogP contribution in [0, 0.1) is 7.14 Å². The third-order valence-electron chi connectivity index (χ3n) is 1.92. The summed E-state index contributed by atoms with van der Waals surface area (Å²) in [5.74, 6) is 1.57. The van der Waals surface area contributed by atoms with Gasteiger partial charge in [0.2, 0.25) is 0 Å². The van der Waals surface area contributed by atoms with E-state index >= 15 is 0 Å². The molecule has 0 atom stereocenters. The molecule has 2 aromatic heterocycles. The van der Waals surface area contributed by atoms with Crippen molar-refractivity contribution in [2.45, 2.75) is 0 Å². The molecule has 0 saturated heterocycles. The highest BCUT2D eigenvalue weighted by Gasteiger charge is 1.93. The van der Waals surface area contributed by atoms with E-state index in [0.717, 1.165) is 9.39 Å². The van der Waals surface area contributed by atoms with E-state index in [1.165, 1.54) is 3.57 Å². The summed E-state index contributed by atoms with van der Waals surface area (Å²) < 4.78 is 2.28. The van der Waals surface area contributed by atoms with Crippen LogP contribution >= 0.6 is 45.2 Å². The molecule has 0 spiro atoms. The summed E-state index contributed by atoms with van der Waals surface area (Å²) >= 11 is 4.42. The average Bonchev–Trinajstić information content (AvgIpc) is 2.34. The van der Waals surface area contributed by atoms with Crippen molar-refractivity contribution < 1.29 is 0 Å². The van der Waals surface area contributed by atoms with Gasteiger partial charge in [0.1, 0.15) is 11.6 Å². The molecule has 0 bridgehead atoms. The molecule has 0 aliphatic rings. The lowest BCUT2D eigenvalue weighted by Crippen LogP contribution is -2.09. The first-order chi connectivity index (χ1) is 8.49. The number of aromatic nitrogens is 2. The molecule has 2 N–H and O–H groups in total. The lowest BCUT2D eigenvalue weighted by Gasteiger charge is -2.09. The van der Waals surface area contributed by atoms with E-state index in [9.17, 15) is 0 Å². The molecule has 0 aliphatic carbocycles. The van der Waals surface area contributed by atoms with Gasteiger partial charge < -0.3 is 10.6 Å². The maximum absolute atomic E-state index is 5.31. The molecule has 2 aromatic rings. The van der Waals surface area contributed by atoms with Gasteiger partial charge >= 0.3 is 0 Å². The zero-order valence-corrected chi connectivity index (χ0v) is 14.5. The van der Waals surface area contributed by atoms with Crippen molar-refractivity contribution in [1.82, 2.24) is 9.97 Å². The molecule has 18 heavy (non-hydrogen) atoms. The lowest BCUT2D eigenvalue weighted by atomic mass is 10.4. The van der Waals surface area contributed by atoms with Crippen molar-refractivity contribution in [2.24, 2.45) is 0 Å². The summed E-state index contributed by atoms with van der Waals surface area (Å²) in [5, 5.41) is 0. The third kappa shape index (κ3) is 5.80. The van der Waals surface area contributed by atoms with Gasteiger partial charge in [0.25, 0.3) is 0 Å². The smallest absolute Gasteiger partial charge is 0.128 e. The third-order valence-corrected chi connectivity index (χ3v) is 3.20. The summed E-state index contributed by atoms with van der Waals surface area (Å²) in [6, 6.07) is 7.75. The molecule has 2 heterocycles. The van der Waals surface area contributed by atoms with E-state index in [1.54, 1.807) is 12.3 Å². The van der Waals surface area contributed by atoms with Crippen molar-refractivity contribution in [3.8, 4) is 0 Å². The van der Waals surface area contributed by atoms with Crippen LogP contribution in [0.5, 0.6) is 0 Å². The molecule has 0 saturated carbocycles. The first-order valence-corrected chi connectivity index (χ1v) is 7.30. The van der Waals surface area contributed by atoms with Gasteiger partial charge in [0.05, 0.1) is 0 Å². The number of nitrogens with two attached hydrogens (primary N) is 1. The van der Waals surface area contributed by atoms with E-state index in [-0.39, 0.29) is 0 Å². The van der Waals surface area contributed by atoms with Crippen LogP contribution in [0.15, 0.2) is 36.7 Å². The number of nitrogens with zero attached hydrogens (tertiary/aromatic N) is 3. The maximum Gasteiger partial charge on any atom is 0.128 e. The zero-order valence-electron chi connectivity index (χ0n) is 10.1. The fourth-order valence-corrected chi connectivity index (χ4v) is 1.66. The van der Waals surface area contributed by atoms with Gasteiger partial charge in [-0.1, -0.05) is 0 Å². The number of nitrogen functional groups attached to an aromatic ring is 1. The Hall–Kier alpha value is -0.640. The number of hydrogen-bond donors (Lipinski definition) is 1. The topological polar surface area (TPSA) is 55.0 Å². The fraction of sp³-hybridized carbons (Fsp3) is 0.167. The van der Waals surface area contributed by atoms with E-state index in [1.807, 2.05) is 43.4 Å². The second-order valence-electron chi connectivity index (χ2n) is 3.63. The number of anilines is 2. The van der Waals surface area contributed by atoms with Gasteiger partial charge in [-0.3, -0.25) is 0 Å². The molecule has 0 unspecified atom stereocenters. The Morgan fingerprint density at radius 1 is 0.944 bits per heavy atom. The van der Waals surface area contributed by atoms with Gasteiger partial charge in [-0.15, -0.1) is 0 Å². The summed E-state index contributed by atoms with van der Waals surface area (Å²) in [6.45, 7) is 0. The number of rotatable bonds is 1. The SMILES string of the molecule is CN(C)c1ccc(I)cn1.Nc1ccc(I)cn1. The van der Waals surface area contributed by atoms with Gasteiger partial charge in [0.15, 0.2) is 0 Å². The van der Waals surface area contributed by atoms with E-state index < -0.39 is 0 Å². The van der Waals surface area contributed by atoms with E-state index in [2.05, 4.69) is 55.1 Å². The zero-order chi connectivity index (χ0) is 13.5. The van der Waals surface area contributed by atoms with Crippen LogP contribution in [0.2, 0.25) is 0 Å². The van der Waals surface area contributed by atoms with Crippen molar-refractivity contribution in [1.29, 1.82) is 0 Å². The Balaban J connectivity index is 0.000000184. The summed E-state index contributed by atoms with van der Waals surface area (Å²) in [4.78, 5) is 10.0. The number of hydrogen-bond acceptors (Lipinski definition) is 4. The fourth-order valence-electron chi connectivity index (χ4n) is 1.02. The van der Waals surface area contributed by atoms with Crippen LogP contribution < -0.4 is 10.6 Å². The molecule has 6 heteroatoms. The van der Waals surface area contributed by atoms with Gasteiger partial charge in [-0.2, -0.15) is 0 Å². The number of halogens is 2. The van der Waals surface area contributed by atoms with Crippen LogP contribution in [0.3, 0.4) is 0 Å². The Kier molecular flexibility index (Phi) is 6.61. The molecule has 2 rings (SSSR count).